The van der Waals surface area contributed by atoms with E-state index in [0.717, 1.165) is 6.07 Å². The number of nitro groups is 1. The highest BCUT2D eigenvalue weighted by atomic mass is 16.6. The minimum absolute atomic E-state index is 0.00930. The van der Waals surface area contributed by atoms with Crippen molar-refractivity contribution in [3.63, 3.8) is 0 Å². The first kappa shape index (κ1) is 19.0. The molecule has 1 aliphatic rings. The zero-order valence-corrected chi connectivity index (χ0v) is 14.8. The summed E-state index contributed by atoms with van der Waals surface area (Å²) in [6.45, 7) is 2.23. The lowest BCUT2D eigenvalue weighted by Gasteiger charge is -2.19. The second kappa shape index (κ2) is 7.82. The summed E-state index contributed by atoms with van der Waals surface area (Å²) in [5.74, 6) is -0.456. The number of nitrogens with zero attached hydrogens (tertiary/aromatic N) is 1. The third kappa shape index (κ3) is 4.11. The van der Waals surface area contributed by atoms with E-state index in [9.17, 15) is 19.7 Å². The number of esters is 1. The zero-order chi connectivity index (χ0) is 20.3. The quantitative estimate of drug-likeness (QED) is 0.344. The summed E-state index contributed by atoms with van der Waals surface area (Å²) in [7, 11) is 0. The number of rotatable bonds is 5. The van der Waals surface area contributed by atoms with E-state index in [0.29, 0.717) is 30.4 Å². The topological polar surface area (TPSA) is 143 Å². The van der Waals surface area contributed by atoms with Crippen LogP contribution in [0.5, 0.6) is 11.5 Å². The molecule has 0 bridgehead atoms. The molecule has 2 aromatic carbocycles. The molecule has 10 nitrogen and oxygen atoms in total. The molecule has 2 aromatic rings. The minimum Gasteiger partial charge on any atom is -0.486 e. The zero-order valence-electron chi connectivity index (χ0n) is 14.8. The molecule has 146 valence electrons. The number of nitrogen functional groups attached to an aromatic ring is 1. The number of anilines is 2. The highest BCUT2D eigenvalue weighted by Crippen LogP contribution is 2.32. The van der Waals surface area contributed by atoms with Crippen molar-refractivity contribution in [1.29, 1.82) is 0 Å². The molecule has 0 saturated carbocycles. The van der Waals surface area contributed by atoms with Crippen molar-refractivity contribution in [2.24, 2.45) is 0 Å². The van der Waals surface area contributed by atoms with Gasteiger partial charge in [0.1, 0.15) is 13.2 Å². The monoisotopic (exact) mass is 387 g/mol. The number of hydrogen-bond donors (Lipinski definition) is 2. The van der Waals surface area contributed by atoms with Gasteiger partial charge in [0.2, 0.25) is 0 Å². The van der Waals surface area contributed by atoms with Crippen LogP contribution in [0.15, 0.2) is 36.4 Å². The summed E-state index contributed by atoms with van der Waals surface area (Å²) in [5.41, 5.74) is 5.63. The summed E-state index contributed by atoms with van der Waals surface area (Å²) in [6.07, 6.45) is -1.17. The van der Waals surface area contributed by atoms with Crippen LogP contribution in [0, 0.1) is 10.1 Å². The van der Waals surface area contributed by atoms with Gasteiger partial charge >= 0.3 is 5.97 Å². The van der Waals surface area contributed by atoms with Crippen LogP contribution in [0.25, 0.3) is 0 Å². The smallest absolute Gasteiger partial charge is 0.341 e. The second-order valence-electron chi connectivity index (χ2n) is 5.92. The summed E-state index contributed by atoms with van der Waals surface area (Å²) < 4.78 is 15.9. The van der Waals surface area contributed by atoms with Crippen molar-refractivity contribution < 1.29 is 28.7 Å². The van der Waals surface area contributed by atoms with Crippen LogP contribution in [0.2, 0.25) is 0 Å². The van der Waals surface area contributed by atoms with E-state index in [1.54, 1.807) is 18.2 Å². The molecule has 0 spiro atoms. The standard InChI is InChI=1S/C18H17N3O7/c1-10(28-18(23)13-9-12(21(24)25)3-4-14(13)19)17(22)20-11-2-5-15-16(8-11)27-7-6-26-15/h2-5,8-10H,6-7,19H2,1H3,(H,20,22)/t10-/m0/s1. The molecule has 1 atom stereocenters. The van der Waals surface area contributed by atoms with Crippen molar-refractivity contribution in [1.82, 2.24) is 0 Å². The van der Waals surface area contributed by atoms with Crippen LogP contribution in [0.3, 0.4) is 0 Å². The number of nitrogens with one attached hydrogen (secondary N) is 1. The highest BCUT2D eigenvalue weighted by molar-refractivity contribution is 6.00. The Morgan fingerprint density at radius 2 is 1.89 bits per heavy atom. The van der Waals surface area contributed by atoms with Crippen LogP contribution < -0.4 is 20.5 Å². The van der Waals surface area contributed by atoms with Gasteiger partial charge < -0.3 is 25.3 Å². The fraction of sp³-hybridized carbons (Fsp3) is 0.222. The summed E-state index contributed by atoms with van der Waals surface area (Å²) >= 11 is 0. The van der Waals surface area contributed by atoms with E-state index in [4.69, 9.17) is 19.9 Å². The molecule has 0 saturated heterocycles. The Balaban J connectivity index is 1.66. The van der Waals surface area contributed by atoms with Gasteiger partial charge in [-0.05, 0) is 25.1 Å². The molecule has 1 amide bonds. The molecular weight excluding hydrogens is 370 g/mol. The lowest BCUT2D eigenvalue weighted by atomic mass is 10.1. The van der Waals surface area contributed by atoms with Gasteiger partial charge in [-0.2, -0.15) is 0 Å². The lowest BCUT2D eigenvalue weighted by Crippen LogP contribution is -2.30. The number of nitrogens with two attached hydrogens (primary N) is 1. The molecule has 28 heavy (non-hydrogen) atoms. The Labute approximate surface area is 159 Å². The van der Waals surface area contributed by atoms with E-state index in [1.807, 2.05) is 0 Å². The number of hydrogen-bond acceptors (Lipinski definition) is 8. The number of amides is 1. The number of carbonyl (C=O) groups excluding carboxylic acids is 2. The molecule has 0 aromatic heterocycles. The van der Waals surface area contributed by atoms with E-state index < -0.39 is 22.9 Å². The highest BCUT2D eigenvalue weighted by Gasteiger charge is 2.23. The van der Waals surface area contributed by atoms with E-state index in [1.165, 1.54) is 19.1 Å². The van der Waals surface area contributed by atoms with Gasteiger partial charge in [0, 0.05) is 29.6 Å². The van der Waals surface area contributed by atoms with Crippen molar-refractivity contribution >= 4 is 28.9 Å². The Morgan fingerprint density at radius 3 is 2.61 bits per heavy atom. The number of non-ortho nitro benzene ring substituents is 1. The van der Waals surface area contributed by atoms with Crippen molar-refractivity contribution in [3.8, 4) is 11.5 Å². The Hall–Kier alpha value is -3.82. The molecule has 3 rings (SSSR count). The number of carbonyl (C=O) groups is 2. The maximum absolute atomic E-state index is 12.3. The predicted molar refractivity (Wildman–Crippen MR) is 98.4 cm³/mol. The number of benzene rings is 2. The molecule has 3 N–H and O–H groups in total. The van der Waals surface area contributed by atoms with Gasteiger partial charge in [0.05, 0.1) is 10.5 Å². The molecule has 10 heteroatoms. The first-order valence-corrected chi connectivity index (χ1v) is 8.30. The average Bonchev–Trinajstić information content (AvgIpc) is 2.67. The molecule has 1 heterocycles. The van der Waals surface area contributed by atoms with Crippen LogP contribution in [0.4, 0.5) is 17.1 Å². The SMILES string of the molecule is C[C@H](OC(=O)c1cc([N+](=O)[O-])ccc1N)C(=O)Nc1ccc2c(c1)OCCO2. The molecule has 1 aliphatic heterocycles. The Kier molecular flexibility index (Phi) is 5.30. The van der Waals surface area contributed by atoms with Gasteiger partial charge in [-0.25, -0.2) is 4.79 Å². The summed E-state index contributed by atoms with van der Waals surface area (Å²) in [4.78, 5) is 34.8. The average molecular weight is 387 g/mol. The van der Waals surface area contributed by atoms with Gasteiger partial charge in [0.25, 0.3) is 11.6 Å². The molecule has 0 fully saturated rings. The van der Waals surface area contributed by atoms with Crippen molar-refractivity contribution in [2.75, 3.05) is 24.3 Å². The maximum Gasteiger partial charge on any atom is 0.341 e. The third-order valence-electron chi connectivity index (χ3n) is 3.93. The predicted octanol–water partition coefficient (Wildman–Crippen LogP) is 2.13. The number of ether oxygens (including phenoxy) is 3. The van der Waals surface area contributed by atoms with Gasteiger partial charge in [0.15, 0.2) is 17.6 Å². The normalized spacial score (nSPS) is 13.3. The Bertz CT molecular complexity index is 945. The van der Waals surface area contributed by atoms with Crippen LogP contribution in [0.1, 0.15) is 17.3 Å². The van der Waals surface area contributed by atoms with Gasteiger partial charge in [-0.1, -0.05) is 0 Å². The third-order valence-corrected chi connectivity index (χ3v) is 3.93. The van der Waals surface area contributed by atoms with E-state index in [-0.39, 0.29) is 16.9 Å². The fourth-order valence-corrected chi connectivity index (χ4v) is 2.48. The second-order valence-corrected chi connectivity index (χ2v) is 5.92. The number of fused-ring (bicyclic) bond motifs is 1. The largest absolute Gasteiger partial charge is 0.486 e. The van der Waals surface area contributed by atoms with Crippen molar-refractivity contribution in [2.45, 2.75) is 13.0 Å². The minimum atomic E-state index is -1.17. The molecule has 0 unspecified atom stereocenters. The molecule has 0 radical (unpaired) electrons. The van der Waals surface area contributed by atoms with E-state index in [2.05, 4.69) is 5.32 Å². The maximum atomic E-state index is 12.3. The van der Waals surface area contributed by atoms with Gasteiger partial charge in [-0.15, -0.1) is 0 Å². The van der Waals surface area contributed by atoms with Crippen LogP contribution in [-0.2, 0) is 9.53 Å². The first-order chi connectivity index (χ1) is 13.3. The molecular formula is C18H17N3O7. The van der Waals surface area contributed by atoms with Crippen LogP contribution >= 0.6 is 0 Å². The molecule has 0 aliphatic carbocycles. The van der Waals surface area contributed by atoms with E-state index >= 15 is 0 Å². The van der Waals surface area contributed by atoms with Crippen LogP contribution in [-0.4, -0.2) is 36.1 Å². The summed E-state index contributed by atoms with van der Waals surface area (Å²) in [5, 5.41) is 13.5. The first-order valence-electron chi connectivity index (χ1n) is 8.30. The number of nitro benzene ring substituents is 1. The lowest BCUT2D eigenvalue weighted by molar-refractivity contribution is -0.384. The summed E-state index contributed by atoms with van der Waals surface area (Å²) in [6, 6.07) is 8.28. The fourth-order valence-electron chi connectivity index (χ4n) is 2.48. The Morgan fingerprint density at radius 1 is 1.18 bits per heavy atom. The van der Waals surface area contributed by atoms with Crippen molar-refractivity contribution in [3.05, 3.63) is 52.1 Å². The van der Waals surface area contributed by atoms with Gasteiger partial charge in [-0.3, -0.25) is 14.9 Å².